The van der Waals surface area contributed by atoms with Gasteiger partial charge in [0, 0.05) is 0 Å². The van der Waals surface area contributed by atoms with Crippen molar-refractivity contribution in [3.63, 3.8) is 0 Å². The first-order chi connectivity index (χ1) is 18.9. The molecule has 42 heavy (non-hydrogen) atoms. The Morgan fingerprint density at radius 2 is 0.190 bits per heavy atom. The summed E-state index contributed by atoms with van der Waals surface area (Å²) in [5.41, 5.74) is 0. The van der Waals surface area contributed by atoms with Gasteiger partial charge in [-0.1, -0.05) is 166 Å². The fourth-order valence-corrected chi connectivity index (χ4v) is 6.52. The molecule has 0 heterocycles. The molecule has 0 saturated heterocycles. The molecule has 0 saturated carbocycles. The minimum absolute atomic E-state index is 0.812. The van der Waals surface area contributed by atoms with Crippen molar-refractivity contribution in [1.82, 2.24) is 0 Å². The maximum atomic E-state index is 2.42. The van der Waals surface area contributed by atoms with Crippen LogP contribution in [0.3, 0.4) is 0 Å². The largest absolute Gasteiger partial charge is 0.0625 e. The van der Waals surface area contributed by atoms with Crippen LogP contribution in [0.25, 0.3) is 0 Å². The molecule has 0 amide bonds. The summed E-state index contributed by atoms with van der Waals surface area (Å²) in [6, 6.07) is 0. The van der Waals surface area contributed by atoms with Gasteiger partial charge in [0.25, 0.3) is 0 Å². The Morgan fingerprint density at radius 1 is 0.119 bits per heavy atom. The minimum atomic E-state index is 0.812. The number of rotatable bonds is 15. The second-order valence-corrected chi connectivity index (χ2v) is 17.8. The lowest BCUT2D eigenvalue weighted by Gasteiger charge is -2.34. The molecule has 0 aliphatic heterocycles. The van der Waals surface area contributed by atoms with E-state index in [4.69, 9.17) is 0 Å². The van der Waals surface area contributed by atoms with Crippen LogP contribution in [-0.2, 0) is 0 Å². The first-order valence-corrected chi connectivity index (χ1v) is 18.9. The standard InChI is InChI=1S/3C14H30/c3*1-9(2)11(5)13(7)14(8)12(6)10(3)4/h3*9-14H,1-8H3/t11-,12+,13-,14+;11-,12+,13-,14-;11-,12-,13+,14+/m.11/s1. The quantitative estimate of drug-likeness (QED) is 0.177. The molecular weight excluding hydrogens is 504 g/mol. The number of hydrogen-bond donors (Lipinski definition) is 0. The van der Waals surface area contributed by atoms with Crippen molar-refractivity contribution in [2.24, 2.45) is 107 Å². The Morgan fingerprint density at radius 3 is 0.238 bits per heavy atom. The molecule has 0 rings (SSSR count). The van der Waals surface area contributed by atoms with Gasteiger partial charge in [-0.05, 0) is 107 Å². The van der Waals surface area contributed by atoms with Crippen LogP contribution in [0.2, 0.25) is 0 Å². The van der Waals surface area contributed by atoms with Gasteiger partial charge in [0.2, 0.25) is 0 Å². The Balaban J connectivity index is -0.000000543. The van der Waals surface area contributed by atoms with Gasteiger partial charge in [0.15, 0.2) is 0 Å². The molecule has 258 valence electrons. The average molecular weight is 595 g/mol. The molecule has 0 N–H and O–H groups in total. The fourth-order valence-electron chi connectivity index (χ4n) is 6.52. The summed E-state index contributed by atoms with van der Waals surface area (Å²) in [5.74, 6) is 14.9. The van der Waals surface area contributed by atoms with E-state index in [0.717, 1.165) is 107 Å². The van der Waals surface area contributed by atoms with E-state index in [1.807, 2.05) is 0 Å². The van der Waals surface area contributed by atoms with Gasteiger partial charge in [0.1, 0.15) is 0 Å². The van der Waals surface area contributed by atoms with E-state index >= 15 is 0 Å². The highest BCUT2D eigenvalue weighted by molar-refractivity contribution is 4.77. The zero-order valence-electron chi connectivity index (χ0n) is 34.4. The molecule has 0 bridgehead atoms. The van der Waals surface area contributed by atoms with Gasteiger partial charge in [0.05, 0.1) is 0 Å². The van der Waals surface area contributed by atoms with Crippen LogP contribution in [0.4, 0.5) is 0 Å². The first-order valence-electron chi connectivity index (χ1n) is 18.9. The molecule has 0 aromatic carbocycles. The number of hydrogen-bond acceptors (Lipinski definition) is 0. The lowest BCUT2D eigenvalue weighted by atomic mass is 9.72. The van der Waals surface area contributed by atoms with Crippen LogP contribution >= 0.6 is 0 Å². The summed E-state index contributed by atoms with van der Waals surface area (Å²) in [4.78, 5) is 0. The summed E-state index contributed by atoms with van der Waals surface area (Å²) in [5, 5.41) is 0. The van der Waals surface area contributed by atoms with Crippen molar-refractivity contribution < 1.29 is 0 Å². The molecule has 0 aliphatic rings. The highest BCUT2D eigenvalue weighted by Gasteiger charge is 2.28. The maximum absolute atomic E-state index is 2.42. The molecular formula is C42H90. The predicted molar refractivity (Wildman–Crippen MR) is 199 cm³/mol. The maximum Gasteiger partial charge on any atom is -0.0386 e. The molecule has 0 nitrogen and oxygen atoms in total. The average Bonchev–Trinajstić information content (AvgIpc) is 2.92. The zero-order valence-corrected chi connectivity index (χ0v) is 34.4. The van der Waals surface area contributed by atoms with Crippen LogP contribution in [0, 0.1) is 107 Å². The summed E-state index contributed by atoms with van der Waals surface area (Å²) in [7, 11) is 0. The Kier molecular flexibility index (Phi) is 24.9. The van der Waals surface area contributed by atoms with Crippen LogP contribution in [-0.4, -0.2) is 0 Å². The van der Waals surface area contributed by atoms with Crippen molar-refractivity contribution in [3.8, 4) is 0 Å². The van der Waals surface area contributed by atoms with Gasteiger partial charge in [-0.3, -0.25) is 0 Å². The van der Waals surface area contributed by atoms with E-state index in [-0.39, 0.29) is 0 Å². The van der Waals surface area contributed by atoms with Crippen molar-refractivity contribution in [1.29, 1.82) is 0 Å². The van der Waals surface area contributed by atoms with E-state index in [1.54, 1.807) is 0 Å². The van der Waals surface area contributed by atoms with Crippen LogP contribution in [0.5, 0.6) is 0 Å². The van der Waals surface area contributed by atoms with Crippen molar-refractivity contribution in [2.75, 3.05) is 0 Å². The minimum Gasteiger partial charge on any atom is -0.0625 e. The molecule has 0 aliphatic carbocycles. The molecule has 12 atom stereocenters. The Labute approximate surface area is 272 Å². The van der Waals surface area contributed by atoms with Gasteiger partial charge in [-0.2, -0.15) is 0 Å². The van der Waals surface area contributed by atoms with E-state index in [9.17, 15) is 0 Å². The van der Waals surface area contributed by atoms with E-state index in [0.29, 0.717) is 0 Å². The summed E-state index contributed by atoms with van der Waals surface area (Å²) in [6.45, 7) is 57.1. The second kappa shape index (κ2) is 22.5. The van der Waals surface area contributed by atoms with Gasteiger partial charge < -0.3 is 0 Å². The van der Waals surface area contributed by atoms with Crippen LogP contribution < -0.4 is 0 Å². The lowest BCUT2D eigenvalue weighted by Crippen LogP contribution is -2.27. The first kappa shape index (κ1) is 46.4. The lowest BCUT2D eigenvalue weighted by molar-refractivity contribution is 0.150. The Bertz CT molecular complexity index is 470. The molecule has 0 fully saturated rings. The molecule has 0 aromatic rings. The monoisotopic (exact) mass is 595 g/mol. The summed E-state index contributed by atoms with van der Waals surface area (Å²) >= 11 is 0. The van der Waals surface area contributed by atoms with Gasteiger partial charge >= 0.3 is 0 Å². The smallest absolute Gasteiger partial charge is 0.0386 e. The van der Waals surface area contributed by atoms with Crippen LogP contribution in [0.15, 0.2) is 0 Å². The topological polar surface area (TPSA) is 0 Å². The summed E-state index contributed by atoms with van der Waals surface area (Å²) in [6.07, 6.45) is 0. The van der Waals surface area contributed by atoms with Crippen LogP contribution in [0.1, 0.15) is 166 Å². The van der Waals surface area contributed by atoms with Gasteiger partial charge in [-0.15, -0.1) is 0 Å². The summed E-state index contributed by atoms with van der Waals surface area (Å²) < 4.78 is 0. The third-order valence-corrected chi connectivity index (χ3v) is 13.8. The molecule has 0 unspecified atom stereocenters. The van der Waals surface area contributed by atoms with Crippen molar-refractivity contribution >= 4 is 0 Å². The van der Waals surface area contributed by atoms with E-state index in [1.165, 1.54) is 0 Å². The highest BCUT2D eigenvalue weighted by atomic mass is 14.3. The third kappa shape index (κ3) is 16.9. The normalized spacial score (nSPS) is 21.0. The third-order valence-electron chi connectivity index (χ3n) is 13.8. The van der Waals surface area contributed by atoms with Crippen molar-refractivity contribution in [3.05, 3.63) is 0 Å². The van der Waals surface area contributed by atoms with Gasteiger partial charge in [-0.25, -0.2) is 0 Å². The predicted octanol–water partition coefficient (Wildman–Crippen LogP) is 14.5. The molecule has 0 spiro atoms. The van der Waals surface area contributed by atoms with E-state index < -0.39 is 0 Å². The molecule has 0 heteroatoms. The zero-order chi connectivity index (χ0) is 34.4. The second-order valence-electron chi connectivity index (χ2n) is 17.8. The molecule has 0 aromatic heterocycles. The SMILES string of the molecule is CC(C)[C@@H](C)[C@@H](C)[C@@H](C)[C@@H](C)C(C)C.CC(C)[C@@H](C)[C@@H](C)[C@H](C)[C@@H](C)C(C)C.CC(C)[C@@H](C)[C@H](C)[C@@H](C)[C@H](C)C(C)C. The molecule has 0 radical (unpaired) electrons. The van der Waals surface area contributed by atoms with E-state index in [2.05, 4.69) is 166 Å². The van der Waals surface area contributed by atoms with Crippen molar-refractivity contribution in [2.45, 2.75) is 166 Å². The fraction of sp³-hybridized carbons (Fsp3) is 1.00. The Hall–Kier alpha value is 0. The highest BCUT2D eigenvalue weighted by Crippen LogP contribution is 2.36.